The summed E-state index contributed by atoms with van der Waals surface area (Å²) in [6.45, 7) is 4.74. The van der Waals surface area contributed by atoms with Gasteiger partial charge in [-0.05, 0) is 89.7 Å². The van der Waals surface area contributed by atoms with Gasteiger partial charge in [-0.25, -0.2) is 4.79 Å². The number of esters is 1. The van der Waals surface area contributed by atoms with E-state index < -0.39 is 12.0 Å². The van der Waals surface area contributed by atoms with E-state index in [2.05, 4.69) is 61.7 Å². The molecule has 0 heterocycles. The number of carboxylic acid groups (broad SMARTS) is 1. The molecule has 7 heteroatoms. The number of rotatable bonds is 31. The van der Waals surface area contributed by atoms with Gasteiger partial charge in [-0.3, -0.25) is 9.59 Å². The van der Waals surface area contributed by atoms with Gasteiger partial charge in [-0.2, -0.15) is 0 Å². The van der Waals surface area contributed by atoms with Crippen molar-refractivity contribution in [2.75, 3.05) is 6.54 Å². The standard InChI is InChI=1S/C38H66N2O5/c1-3-5-7-9-11-13-14-16-22-26-32-37(42)45-34(28-23-19-15-12-10-8-6-4-2)29-24-20-17-18-21-25-31-36(41)40-35(38(43)44)30-27-33-39/h6-9,12,15,23,28,34-35H,3-5,10-11,13-14,16-22,24-27,29-33,39H2,1-2H3,(H,40,41)(H,43,44)/b8-6-,9-7-,15-12-,28-23-. The van der Waals surface area contributed by atoms with E-state index in [1.54, 1.807) is 0 Å². The van der Waals surface area contributed by atoms with E-state index in [0.29, 0.717) is 32.2 Å². The molecule has 0 fully saturated rings. The fourth-order valence-corrected chi connectivity index (χ4v) is 4.91. The molecular weight excluding hydrogens is 564 g/mol. The molecule has 258 valence electrons. The predicted octanol–water partition coefficient (Wildman–Crippen LogP) is 9.27. The molecule has 0 aromatic rings. The van der Waals surface area contributed by atoms with Crippen molar-refractivity contribution < 1.29 is 24.2 Å². The van der Waals surface area contributed by atoms with Crippen LogP contribution in [0.15, 0.2) is 48.6 Å². The number of carboxylic acids is 1. The van der Waals surface area contributed by atoms with Crippen molar-refractivity contribution in [1.82, 2.24) is 5.32 Å². The average molecular weight is 631 g/mol. The van der Waals surface area contributed by atoms with Crippen molar-refractivity contribution in [2.24, 2.45) is 5.73 Å². The van der Waals surface area contributed by atoms with E-state index in [1.165, 1.54) is 32.1 Å². The summed E-state index contributed by atoms with van der Waals surface area (Å²) < 4.78 is 5.87. The Hall–Kier alpha value is -2.67. The molecule has 0 radical (unpaired) electrons. The fourth-order valence-electron chi connectivity index (χ4n) is 4.91. The number of unbranched alkanes of at least 4 members (excludes halogenated alkanes) is 11. The van der Waals surface area contributed by atoms with Crippen LogP contribution in [0.2, 0.25) is 0 Å². The maximum absolute atomic E-state index is 12.6. The first kappa shape index (κ1) is 42.3. The highest BCUT2D eigenvalue weighted by atomic mass is 16.5. The second kappa shape index (κ2) is 32.7. The van der Waals surface area contributed by atoms with Gasteiger partial charge in [0.15, 0.2) is 0 Å². The molecule has 0 rings (SSSR count). The molecule has 7 nitrogen and oxygen atoms in total. The summed E-state index contributed by atoms with van der Waals surface area (Å²) >= 11 is 0. The van der Waals surface area contributed by atoms with E-state index in [4.69, 9.17) is 10.5 Å². The van der Waals surface area contributed by atoms with Crippen LogP contribution in [0.5, 0.6) is 0 Å². The first-order valence-electron chi connectivity index (χ1n) is 18.0. The van der Waals surface area contributed by atoms with Crippen LogP contribution in [0, 0.1) is 0 Å². The zero-order valence-electron chi connectivity index (χ0n) is 28.7. The van der Waals surface area contributed by atoms with E-state index in [1.807, 2.05) is 6.08 Å². The predicted molar refractivity (Wildman–Crippen MR) is 188 cm³/mol. The monoisotopic (exact) mass is 630 g/mol. The van der Waals surface area contributed by atoms with Crippen molar-refractivity contribution in [3.63, 3.8) is 0 Å². The van der Waals surface area contributed by atoms with Crippen molar-refractivity contribution in [2.45, 2.75) is 167 Å². The number of hydrogen-bond donors (Lipinski definition) is 3. The SMILES string of the molecule is CC/C=C\C/C=C\C/C=C\C(CCCCCCCCC(=O)NC(CCCN)C(=O)O)OC(=O)CCCCCCC/C=C\CCC. The Morgan fingerprint density at radius 2 is 1.29 bits per heavy atom. The lowest BCUT2D eigenvalue weighted by atomic mass is 10.0. The lowest BCUT2D eigenvalue weighted by Crippen LogP contribution is -2.40. The largest absolute Gasteiger partial charge is 0.480 e. The second-order valence-corrected chi connectivity index (χ2v) is 11.9. The highest BCUT2D eigenvalue weighted by Gasteiger charge is 2.18. The normalized spacial score (nSPS) is 13.3. The molecule has 0 aliphatic rings. The molecule has 1 amide bonds. The Kier molecular flexibility index (Phi) is 30.8. The van der Waals surface area contributed by atoms with E-state index in [0.717, 1.165) is 83.5 Å². The number of aliphatic carboxylic acids is 1. The number of nitrogens with one attached hydrogen (secondary N) is 1. The molecule has 0 aromatic carbocycles. The van der Waals surface area contributed by atoms with Crippen molar-refractivity contribution in [1.29, 1.82) is 0 Å². The minimum atomic E-state index is -1.01. The van der Waals surface area contributed by atoms with E-state index in [-0.39, 0.29) is 18.0 Å². The van der Waals surface area contributed by atoms with E-state index >= 15 is 0 Å². The van der Waals surface area contributed by atoms with Crippen molar-refractivity contribution >= 4 is 17.8 Å². The Morgan fingerprint density at radius 3 is 1.96 bits per heavy atom. The molecule has 2 atom stereocenters. The van der Waals surface area contributed by atoms with Gasteiger partial charge in [0.25, 0.3) is 0 Å². The van der Waals surface area contributed by atoms with Crippen LogP contribution in [0.25, 0.3) is 0 Å². The molecule has 2 unspecified atom stereocenters. The van der Waals surface area contributed by atoms with Gasteiger partial charge in [-0.1, -0.05) is 108 Å². The highest BCUT2D eigenvalue weighted by molar-refractivity contribution is 5.83. The number of carbonyl (C=O) groups excluding carboxylic acids is 2. The summed E-state index contributed by atoms with van der Waals surface area (Å²) in [4.78, 5) is 36.0. The van der Waals surface area contributed by atoms with Crippen molar-refractivity contribution in [3.8, 4) is 0 Å². The van der Waals surface area contributed by atoms with Gasteiger partial charge < -0.3 is 20.9 Å². The van der Waals surface area contributed by atoms with Crippen LogP contribution in [-0.4, -0.2) is 41.6 Å². The summed E-state index contributed by atoms with van der Waals surface area (Å²) in [6, 6.07) is -0.858. The molecule has 0 spiro atoms. The molecular formula is C38H66N2O5. The molecule has 0 aliphatic carbocycles. The van der Waals surface area contributed by atoms with Gasteiger partial charge in [-0.15, -0.1) is 0 Å². The van der Waals surface area contributed by atoms with Crippen LogP contribution >= 0.6 is 0 Å². The number of nitrogens with two attached hydrogens (primary N) is 1. The lowest BCUT2D eigenvalue weighted by molar-refractivity contribution is -0.147. The minimum absolute atomic E-state index is 0.0983. The fraction of sp³-hybridized carbons (Fsp3) is 0.711. The number of carbonyl (C=O) groups is 3. The van der Waals surface area contributed by atoms with Gasteiger partial charge in [0.2, 0.25) is 5.91 Å². The molecule has 4 N–H and O–H groups in total. The van der Waals surface area contributed by atoms with Crippen molar-refractivity contribution in [3.05, 3.63) is 48.6 Å². The maximum atomic E-state index is 12.6. The first-order valence-corrected chi connectivity index (χ1v) is 18.0. The highest BCUT2D eigenvalue weighted by Crippen LogP contribution is 2.15. The smallest absolute Gasteiger partial charge is 0.326 e. The lowest BCUT2D eigenvalue weighted by Gasteiger charge is -2.15. The zero-order valence-corrected chi connectivity index (χ0v) is 28.7. The molecule has 45 heavy (non-hydrogen) atoms. The Balaban J connectivity index is 4.37. The summed E-state index contributed by atoms with van der Waals surface area (Å²) in [5.74, 6) is -1.32. The van der Waals surface area contributed by atoms with E-state index in [9.17, 15) is 19.5 Å². The van der Waals surface area contributed by atoms with Crippen LogP contribution in [-0.2, 0) is 19.1 Å². The quantitative estimate of drug-likeness (QED) is 0.0399. The molecule has 0 saturated carbocycles. The maximum Gasteiger partial charge on any atom is 0.326 e. The summed E-state index contributed by atoms with van der Waals surface area (Å²) in [6.07, 6.45) is 37.5. The summed E-state index contributed by atoms with van der Waals surface area (Å²) in [7, 11) is 0. The van der Waals surface area contributed by atoms with Crippen LogP contribution < -0.4 is 11.1 Å². The minimum Gasteiger partial charge on any atom is -0.480 e. The Bertz CT molecular complexity index is 849. The Labute approximate surface area is 275 Å². The topological polar surface area (TPSA) is 119 Å². The third-order valence-electron chi connectivity index (χ3n) is 7.59. The summed E-state index contributed by atoms with van der Waals surface area (Å²) in [5, 5.41) is 11.8. The van der Waals surface area contributed by atoms with Gasteiger partial charge >= 0.3 is 11.9 Å². The number of ether oxygens (including phenoxy) is 1. The molecule has 0 bridgehead atoms. The number of allylic oxidation sites excluding steroid dienone is 7. The first-order chi connectivity index (χ1) is 21.9. The number of amides is 1. The summed E-state index contributed by atoms with van der Waals surface area (Å²) in [5.41, 5.74) is 5.45. The van der Waals surface area contributed by atoms with Crippen LogP contribution in [0.3, 0.4) is 0 Å². The van der Waals surface area contributed by atoms with Gasteiger partial charge in [0, 0.05) is 12.8 Å². The zero-order chi connectivity index (χ0) is 33.2. The third kappa shape index (κ3) is 29.8. The van der Waals surface area contributed by atoms with Crippen LogP contribution in [0.4, 0.5) is 0 Å². The second-order valence-electron chi connectivity index (χ2n) is 11.9. The molecule has 0 aliphatic heterocycles. The van der Waals surface area contributed by atoms with Crippen LogP contribution in [0.1, 0.15) is 155 Å². The Morgan fingerprint density at radius 1 is 0.689 bits per heavy atom. The number of hydrogen-bond acceptors (Lipinski definition) is 5. The van der Waals surface area contributed by atoms with Gasteiger partial charge in [0.1, 0.15) is 12.1 Å². The average Bonchev–Trinajstić information content (AvgIpc) is 3.02. The third-order valence-corrected chi connectivity index (χ3v) is 7.59. The molecule has 0 saturated heterocycles. The van der Waals surface area contributed by atoms with Gasteiger partial charge in [0.05, 0.1) is 0 Å². The molecule has 0 aromatic heterocycles.